The number of nitrogens with zero attached hydrogens (tertiary/aromatic N) is 2. The fourth-order valence-corrected chi connectivity index (χ4v) is 4.12. The van der Waals surface area contributed by atoms with Gasteiger partial charge in [-0.25, -0.2) is 8.42 Å². The van der Waals surface area contributed by atoms with Gasteiger partial charge in [-0.15, -0.1) is 0 Å². The second-order valence-electron chi connectivity index (χ2n) is 5.86. The molecule has 1 aromatic carbocycles. The number of pyridine rings is 1. The molecule has 3 rings (SSSR count). The Bertz CT molecular complexity index is 849. The Labute approximate surface area is 142 Å². The molecule has 0 N–H and O–H groups in total. The lowest BCUT2D eigenvalue weighted by molar-refractivity contribution is 0.240. The molecule has 0 radical (unpaired) electrons. The maximum Gasteiger partial charge on any atom is 0.264 e. The SMILES string of the molecule is Cc1cc(S(=O)(=O)N2CCOc3ccncc32)ccc1OC(C)C. The molecular formula is C17H20N2O4S. The molecule has 0 unspecified atom stereocenters. The van der Waals surface area contributed by atoms with E-state index in [1.807, 2.05) is 20.8 Å². The van der Waals surface area contributed by atoms with Crippen LogP contribution in [-0.4, -0.2) is 32.7 Å². The fourth-order valence-electron chi connectivity index (χ4n) is 2.59. The van der Waals surface area contributed by atoms with Crippen LogP contribution in [0.1, 0.15) is 19.4 Å². The maximum absolute atomic E-state index is 13.0. The van der Waals surface area contributed by atoms with E-state index in [2.05, 4.69) is 4.98 Å². The lowest BCUT2D eigenvalue weighted by Gasteiger charge is -2.30. The molecule has 2 heterocycles. The number of aromatic nitrogens is 1. The first-order valence-corrected chi connectivity index (χ1v) is 9.20. The summed E-state index contributed by atoms with van der Waals surface area (Å²) in [7, 11) is -3.69. The van der Waals surface area contributed by atoms with E-state index in [0.717, 1.165) is 5.56 Å². The van der Waals surface area contributed by atoms with Crippen molar-refractivity contribution >= 4 is 15.7 Å². The summed E-state index contributed by atoms with van der Waals surface area (Å²) < 4.78 is 38.6. The van der Waals surface area contributed by atoms with Gasteiger partial charge in [0.05, 0.1) is 23.7 Å². The van der Waals surface area contributed by atoms with Gasteiger partial charge >= 0.3 is 0 Å². The summed E-state index contributed by atoms with van der Waals surface area (Å²) in [6, 6.07) is 6.58. The topological polar surface area (TPSA) is 68.7 Å². The zero-order valence-corrected chi connectivity index (χ0v) is 14.7. The Morgan fingerprint density at radius 1 is 1.29 bits per heavy atom. The van der Waals surface area contributed by atoms with Crippen LogP contribution in [0.2, 0.25) is 0 Å². The van der Waals surface area contributed by atoms with E-state index in [-0.39, 0.29) is 17.5 Å². The van der Waals surface area contributed by atoms with E-state index in [0.29, 0.717) is 23.8 Å². The molecule has 24 heavy (non-hydrogen) atoms. The summed E-state index contributed by atoms with van der Waals surface area (Å²) in [6.45, 7) is 6.27. The first kappa shape index (κ1) is 16.6. The second-order valence-corrected chi connectivity index (χ2v) is 7.73. The van der Waals surface area contributed by atoms with Crippen molar-refractivity contribution < 1.29 is 17.9 Å². The van der Waals surface area contributed by atoms with Crippen LogP contribution in [0.15, 0.2) is 41.6 Å². The highest BCUT2D eigenvalue weighted by Crippen LogP contribution is 2.35. The molecule has 1 aliphatic rings. The molecule has 2 aromatic rings. The van der Waals surface area contributed by atoms with E-state index in [1.165, 1.54) is 10.5 Å². The van der Waals surface area contributed by atoms with Crippen molar-refractivity contribution in [2.75, 3.05) is 17.5 Å². The van der Waals surface area contributed by atoms with E-state index in [9.17, 15) is 8.42 Å². The van der Waals surface area contributed by atoms with Crippen molar-refractivity contribution in [1.29, 1.82) is 0 Å². The van der Waals surface area contributed by atoms with Crippen LogP contribution >= 0.6 is 0 Å². The summed E-state index contributed by atoms with van der Waals surface area (Å²) in [4.78, 5) is 4.24. The van der Waals surface area contributed by atoms with Crippen molar-refractivity contribution in [2.45, 2.75) is 31.8 Å². The minimum Gasteiger partial charge on any atom is -0.491 e. The van der Waals surface area contributed by atoms with Gasteiger partial charge in [-0.1, -0.05) is 0 Å². The number of sulfonamides is 1. The van der Waals surface area contributed by atoms with E-state index in [4.69, 9.17) is 9.47 Å². The van der Waals surface area contributed by atoms with Crippen LogP contribution in [-0.2, 0) is 10.0 Å². The average Bonchev–Trinajstić information content (AvgIpc) is 2.55. The zero-order chi connectivity index (χ0) is 17.3. The maximum atomic E-state index is 13.0. The fraction of sp³-hybridized carbons (Fsp3) is 0.353. The van der Waals surface area contributed by atoms with E-state index >= 15 is 0 Å². The van der Waals surface area contributed by atoms with Gasteiger partial charge in [-0.2, -0.15) is 0 Å². The van der Waals surface area contributed by atoms with Crippen molar-refractivity contribution in [3.8, 4) is 11.5 Å². The molecule has 0 bridgehead atoms. The van der Waals surface area contributed by atoms with Gasteiger partial charge in [-0.3, -0.25) is 9.29 Å². The van der Waals surface area contributed by atoms with Crippen molar-refractivity contribution in [3.05, 3.63) is 42.2 Å². The summed E-state index contributed by atoms with van der Waals surface area (Å²) >= 11 is 0. The Hall–Kier alpha value is -2.28. The third-order valence-corrected chi connectivity index (χ3v) is 5.49. The molecule has 6 nitrogen and oxygen atoms in total. The Morgan fingerprint density at radius 3 is 2.79 bits per heavy atom. The third kappa shape index (κ3) is 3.03. The third-order valence-electron chi connectivity index (χ3n) is 3.68. The Kier molecular flexibility index (Phi) is 4.36. The molecule has 0 saturated heterocycles. The molecule has 0 fully saturated rings. The number of benzene rings is 1. The van der Waals surface area contributed by atoms with Gasteiger partial charge in [0.15, 0.2) is 0 Å². The van der Waals surface area contributed by atoms with Crippen LogP contribution in [0.5, 0.6) is 11.5 Å². The minimum absolute atomic E-state index is 0.0309. The molecule has 1 aliphatic heterocycles. The first-order valence-electron chi connectivity index (χ1n) is 7.76. The molecule has 0 spiro atoms. The molecule has 0 atom stereocenters. The van der Waals surface area contributed by atoms with Crippen molar-refractivity contribution in [2.24, 2.45) is 0 Å². The Balaban J connectivity index is 1.99. The number of fused-ring (bicyclic) bond motifs is 1. The number of aryl methyl sites for hydroxylation is 1. The quantitative estimate of drug-likeness (QED) is 0.850. The van der Waals surface area contributed by atoms with Gasteiger partial charge in [0.25, 0.3) is 10.0 Å². The highest BCUT2D eigenvalue weighted by atomic mass is 32.2. The summed E-state index contributed by atoms with van der Waals surface area (Å²) in [6.07, 6.45) is 3.12. The van der Waals surface area contributed by atoms with Gasteiger partial charge in [0.2, 0.25) is 0 Å². The molecule has 7 heteroatoms. The highest BCUT2D eigenvalue weighted by Gasteiger charge is 2.30. The highest BCUT2D eigenvalue weighted by molar-refractivity contribution is 7.92. The Morgan fingerprint density at radius 2 is 2.08 bits per heavy atom. The van der Waals surface area contributed by atoms with Gasteiger partial charge in [0.1, 0.15) is 23.8 Å². The molecule has 128 valence electrons. The predicted molar refractivity (Wildman–Crippen MR) is 91.2 cm³/mol. The lowest BCUT2D eigenvalue weighted by atomic mass is 10.2. The van der Waals surface area contributed by atoms with E-state index in [1.54, 1.807) is 30.5 Å². The smallest absolute Gasteiger partial charge is 0.264 e. The first-order chi connectivity index (χ1) is 11.4. The predicted octanol–water partition coefficient (Wildman–Crippen LogP) is 2.76. The molecule has 0 amide bonds. The van der Waals surface area contributed by atoms with Crippen LogP contribution < -0.4 is 13.8 Å². The second kappa shape index (κ2) is 6.32. The number of hydrogen-bond donors (Lipinski definition) is 0. The van der Waals surface area contributed by atoms with Crippen LogP contribution in [0.4, 0.5) is 5.69 Å². The number of ether oxygens (including phenoxy) is 2. The lowest BCUT2D eigenvalue weighted by Crippen LogP contribution is -2.38. The number of hydrogen-bond acceptors (Lipinski definition) is 5. The average molecular weight is 348 g/mol. The van der Waals surface area contributed by atoms with Gasteiger partial charge in [0, 0.05) is 12.3 Å². The number of anilines is 1. The summed E-state index contributed by atoms with van der Waals surface area (Å²) in [5.74, 6) is 1.21. The summed E-state index contributed by atoms with van der Waals surface area (Å²) in [5.41, 5.74) is 1.24. The van der Waals surface area contributed by atoms with Crippen LogP contribution in [0.3, 0.4) is 0 Å². The largest absolute Gasteiger partial charge is 0.491 e. The minimum atomic E-state index is -3.69. The molecule has 1 aromatic heterocycles. The monoisotopic (exact) mass is 348 g/mol. The standard InChI is InChI=1S/C17H20N2O4S/c1-12(2)23-16-5-4-14(10-13(16)3)24(20,21)19-8-9-22-17-6-7-18-11-15(17)19/h4-7,10-12H,8-9H2,1-3H3. The summed E-state index contributed by atoms with van der Waals surface area (Å²) in [5, 5.41) is 0. The van der Waals surface area contributed by atoms with Gasteiger partial charge < -0.3 is 9.47 Å². The van der Waals surface area contributed by atoms with Crippen LogP contribution in [0, 0.1) is 6.92 Å². The van der Waals surface area contributed by atoms with Crippen LogP contribution in [0.25, 0.3) is 0 Å². The molecule has 0 aliphatic carbocycles. The van der Waals surface area contributed by atoms with Crippen molar-refractivity contribution in [3.63, 3.8) is 0 Å². The molecular weight excluding hydrogens is 328 g/mol. The normalized spacial score (nSPS) is 14.2. The molecule has 0 saturated carbocycles. The van der Waals surface area contributed by atoms with Gasteiger partial charge in [-0.05, 0) is 44.5 Å². The van der Waals surface area contributed by atoms with Crippen molar-refractivity contribution in [1.82, 2.24) is 4.98 Å². The zero-order valence-electron chi connectivity index (χ0n) is 13.9. The van der Waals surface area contributed by atoms with E-state index < -0.39 is 10.0 Å². The number of rotatable bonds is 4.